The van der Waals surface area contributed by atoms with Gasteiger partial charge in [-0.2, -0.15) is 0 Å². The van der Waals surface area contributed by atoms with Crippen molar-refractivity contribution in [2.24, 2.45) is 5.92 Å². The van der Waals surface area contributed by atoms with Crippen molar-refractivity contribution < 1.29 is 19.6 Å². The molecule has 2 rings (SSSR count). The zero-order valence-corrected chi connectivity index (χ0v) is 15.9. The molecule has 1 unspecified atom stereocenters. The molecule has 0 aliphatic rings. The second kappa shape index (κ2) is 10.4. The lowest BCUT2D eigenvalue weighted by Gasteiger charge is -2.14. The van der Waals surface area contributed by atoms with Gasteiger partial charge in [0, 0.05) is 30.5 Å². The SMILES string of the molecule is CC(C)COCC(O)CNC(=O)c1ccc(Nc2ccccc2)c([N+](=O)[O-])c1. The van der Waals surface area contributed by atoms with E-state index in [4.69, 9.17) is 4.74 Å². The Kier molecular flexibility index (Phi) is 7.91. The van der Waals surface area contributed by atoms with Gasteiger partial charge in [0.25, 0.3) is 11.6 Å². The third-order valence-corrected chi connectivity index (χ3v) is 3.77. The average molecular weight is 387 g/mol. The van der Waals surface area contributed by atoms with Crippen molar-refractivity contribution in [2.45, 2.75) is 20.0 Å². The highest BCUT2D eigenvalue weighted by atomic mass is 16.6. The fourth-order valence-corrected chi connectivity index (χ4v) is 2.42. The number of benzene rings is 2. The number of nitro benzene ring substituents is 1. The summed E-state index contributed by atoms with van der Waals surface area (Å²) in [7, 11) is 0. The first kappa shape index (κ1) is 21.3. The molecule has 28 heavy (non-hydrogen) atoms. The molecule has 2 aromatic carbocycles. The number of para-hydroxylation sites is 1. The molecule has 0 radical (unpaired) electrons. The molecule has 0 heterocycles. The van der Waals surface area contributed by atoms with Crippen LogP contribution >= 0.6 is 0 Å². The van der Waals surface area contributed by atoms with Gasteiger partial charge in [-0.15, -0.1) is 0 Å². The van der Waals surface area contributed by atoms with Gasteiger partial charge in [-0.05, 0) is 30.2 Å². The van der Waals surface area contributed by atoms with Crippen LogP contribution in [0, 0.1) is 16.0 Å². The monoisotopic (exact) mass is 387 g/mol. The summed E-state index contributed by atoms with van der Waals surface area (Å²) < 4.78 is 5.32. The highest BCUT2D eigenvalue weighted by Gasteiger charge is 2.18. The van der Waals surface area contributed by atoms with Crippen LogP contribution in [0.4, 0.5) is 17.1 Å². The number of anilines is 2. The fourth-order valence-electron chi connectivity index (χ4n) is 2.42. The third kappa shape index (κ3) is 6.64. The minimum absolute atomic E-state index is 0.00522. The quantitative estimate of drug-likeness (QED) is 0.426. The fraction of sp³-hybridized carbons (Fsp3) is 0.350. The summed E-state index contributed by atoms with van der Waals surface area (Å²) in [5.41, 5.74) is 0.917. The molecule has 0 aliphatic carbocycles. The number of carbonyl (C=O) groups is 1. The summed E-state index contributed by atoms with van der Waals surface area (Å²) in [6, 6.07) is 13.2. The van der Waals surface area contributed by atoms with Crippen LogP contribution in [-0.4, -0.2) is 41.8 Å². The minimum Gasteiger partial charge on any atom is -0.389 e. The van der Waals surface area contributed by atoms with E-state index >= 15 is 0 Å². The maximum atomic E-state index is 12.3. The summed E-state index contributed by atoms with van der Waals surface area (Å²) in [5, 5.41) is 26.8. The van der Waals surface area contributed by atoms with Crippen LogP contribution in [0.3, 0.4) is 0 Å². The maximum absolute atomic E-state index is 12.3. The summed E-state index contributed by atoms with van der Waals surface area (Å²) >= 11 is 0. The number of carbonyl (C=O) groups excluding carboxylic acids is 1. The Morgan fingerprint density at radius 1 is 1.18 bits per heavy atom. The molecule has 3 N–H and O–H groups in total. The lowest BCUT2D eigenvalue weighted by molar-refractivity contribution is -0.383. The summed E-state index contributed by atoms with van der Waals surface area (Å²) in [4.78, 5) is 23.1. The Hall–Kier alpha value is -2.97. The Morgan fingerprint density at radius 3 is 2.54 bits per heavy atom. The lowest BCUT2D eigenvalue weighted by Crippen LogP contribution is -2.34. The Balaban J connectivity index is 2.00. The van der Waals surface area contributed by atoms with Crippen LogP contribution < -0.4 is 10.6 Å². The van der Waals surface area contributed by atoms with Crippen molar-refractivity contribution >= 4 is 23.0 Å². The van der Waals surface area contributed by atoms with Gasteiger partial charge in [0.1, 0.15) is 5.69 Å². The van der Waals surface area contributed by atoms with Crippen molar-refractivity contribution in [1.82, 2.24) is 5.32 Å². The normalized spacial score (nSPS) is 11.9. The number of nitrogens with one attached hydrogen (secondary N) is 2. The number of nitrogens with zero attached hydrogens (tertiary/aromatic N) is 1. The van der Waals surface area contributed by atoms with Crippen molar-refractivity contribution in [3.8, 4) is 0 Å². The number of nitro groups is 1. The number of aliphatic hydroxyl groups excluding tert-OH is 1. The first-order valence-electron chi connectivity index (χ1n) is 9.01. The largest absolute Gasteiger partial charge is 0.389 e. The maximum Gasteiger partial charge on any atom is 0.293 e. The van der Waals surface area contributed by atoms with Crippen molar-refractivity contribution in [3.05, 3.63) is 64.2 Å². The van der Waals surface area contributed by atoms with E-state index in [0.717, 1.165) is 0 Å². The lowest BCUT2D eigenvalue weighted by atomic mass is 10.1. The van der Waals surface area contributed by atoms with Crippen molar-refractivity contribution in [2.75, 3.05) is 25.1 Å². The molecule has 1 atom stereocenters. The molecule has 0 bridgehead atoms. The number of ether oxygens (including phenoxy) is 1. The topological polar surface area (TPSA) is 114 Å². The van der Waals surface area contributed by atoms with Gasteiger partial charge in [-0.3, -0.25) is 14.9 Å². The van der Waals surface area contributed by atoms with Crippen LogP contribution in [0.5, 0.6) is 0 Å². The Labute approximate surface area is 163 Å². The molecular weight excluding hydrogens is 362 g/mol. The number of hydrogen-bond donors (Lipinski definition) is 3. The second-order valence-electron chi connectivity index (χ2n) is 6.78. The van der Waals surface area contributed by atoms with E-state index in [1.807, 2.05) is 32.0 Å². The molecule has 0 saturated heterocycles. The first-order chi connectivity index (χ1) is 13.4. The summed E-state index contributed by atoms with van der Waals surface area (Å²) in [6.45, 7) is 4.62. The average Bonchev–Trinajstić information content (AvgIpc) is 2.66. The molecule has 1 amide bonds. The van der Waals surface area contributed by atoms with Gasteiger partial charge < -0.3 is 20.5 Å². The van der Waals surface area contributed by atoms with E-state index in [0.29, 0.717) is 18.2 Å². The highest BCUT2D eigenvalue weighted by molar-refractivity contribution is 5.96. The smallest absolute Gasteiger partial charge is 0.293 e. The van der Waals surface area contributed by atoms with E-state index in [1.54, 1.807) is 12.1 Å². The second-order valence-corrected chi connectivity index (χ2v) is 6.78. The van der Waals surface area contributed by atoms with Gasteiger partial charge in [0.15, 0.2) is 0 Å². The van der Waals surface area contributed by atoms with Crippen molar-refractivity contribution in [3.63, 3.8) is 0 Å². The summed E-state index contributed by atoms with van der Waals surface area (Å²) in [6.07, 6.45) is -0.850. The van der Waals surface area contributed by atoms with Crippen LogP contribution in [0.15, 0.2) is 48.5 Å². The predicted molar refractivity (Wildman–Crippen MR) is 107 cm³/mol. The molecular formula is C20H25N3O5. The van der Waals surface area contributed by atoms with Crippen LogP contribution in [0.2, 0.25) is 0 Å². The van der Waals surface area contributed by atoms with E-state index in [-0.39, 0.29) is 30.1 Å². The number of hydrogen-bond acceptors (Lipinski definition) is 6. The molecule has 0 aromatic heterocycles. The number of amides is 1. The summed E-state index contributed by atoms with van der Waals surface area (Å²) in [5.74, 6) is -0.150. The zero-order valence-electron chi connectivity index (χ0n) is 15.9. The molecule has 0 fully saturated rings. The van der Waals surface area contributed by atoms with Crippen molar-refractivity contribution in [1.29, 1.82) is 0 Å². The Bertz CT molecular complexity index is 796. The standard InChI is InChI=1S/C20H25N3O5/c1-14(2)12-28-13-17(24)11-21-20(25)15-8-9-18(19(10-15)23(26)27)22-16-6-4-3-5-7-16/h3-10,14,17,22,24H,11-13H2,1-2H3,(H,21,25). The van der Waals surface area contributed by atoms with Gasteiger partial charge in [-0.25, -0.2) is 0 Å². The number of rotatable bonds is 10. The van der Waals surface area contributed by atoms with E-state index < -0.39 is 16.9 Å². The molecule has 150 valence electrons. The third-order valence-electron chi connectivity index (χ3n) is 3.77. The molecule has 2 aromatic rings. The van der Waals surface area contributed by atoms with E-state index in [1.165, 1.54) is 18.2 Å². The number of aliphatic hydroxyl groups is 1. The van der Waals surface area contributed by atoms with Gasteiger partial charge in [-0.1, -0.05) is 32.0 Å². The minimum atomic E-state index is -0.850. The van der Waals surface area contributed by atoms with Gasteiger partial charge in [0.2, 0.25) is 0 Å². The van der Waals surface area contributed by atoms with Gasteiger partial charge >= 0.3 is 0 Å². The first-order valence-corrected chi connectivity index (χ1v) is 9.01. The zero-order chi connectivity index (χ0) is 20.5. The molecule has 8 heteroatoms. The van der Waals surface area contributed by atoms with Gasteiger partial charge in [0.05, 0.1) is 17.6 Å². The van der Waals surface area contributed by atoms with Crippen LogP contribution in [0.25, 0.3) is 0 Å². The molecule has 0 saturated carbocycles. The molecule has 0 aliphatic heterocycles. The Morgan fingerprint density at radius 2 is 1.89 bits per heavy atom. The van der Waals surface area contributed by atoms with Crippen LogP contribution in [0.1, 0.15) is 24.2 Å². The van der Waals surface area contributed by atoms with E-state index in [2.05, 4.69) is 10.6 Å². The van der Waals surface area contributed by atoms with Crippen LogP contribution in [-0.2, 0) is 4.74 Å². The van der Waals surface area contributed by atoms with E-state index in [9.17, 15) is 20.0 Å². The molecule has 8 nitrogen and oxygen atoms in total. The molecule has 0 spiro atoms. The highest BCUT2D eigenvalue weighted by Crippen LogP contribution is 2.28. The predicted octanol–water partition coefficient (Wildman–Crippen LogP) is 3.10.